The van der Waals surface area contributed by atoms with Crippen molar-refractivity contribution in [2.75, 3.05) is 6.54 Å². The first-order valence-electron chi connectivity index (χ1n) is 13.2. The maximum atomic E-state index is 13.5. The average molecular weight is 582 g/mol. The Hall–Kier alpha value is -3.08. The minimum absolute atomic E-state index is 0.115. The van der Waals surface area contributed by atoms with Crippen molar-refractivity contribution in [1.82, 2.24) is 15.2 Å². The highest BCUT2D eigenvalue weighted by Crippen LogP contribution is 2.29. The first-order chi connectivity index (χ1) is 18.8. The van der Waals surface area contributed by atoms with Gasteiger partial charge >= 0.3 is 12.1 Å². The highest BCUT2D eigenvalue weighted by atomic mass is 35.5. The maximum Gasteiger partial charge on any atom is 0.490 e. The van der Waals surface area contributed by atoms with Crippen LogP contribution in [0.3, 0.4) is 0 Å². The van der Waals surface area contributed by atoms with Crippen LogP contribution in [0.4, 0.5) is 13.2 Å². The second-order valence-corrected chi connectivity index (χ2v) is 10.7. The number of carboxylic acids is 1. The van der Waals surface area contributed by atoms with Gasteiger partial charge in [-0.15, -0.1) is 0 Å². The maximum absolute atomic E-state index is 13.5. The fourth-order valence-electron chi connectivity index (χ4n) is 5.07. The molecule has 0 saturated carbocycles. The third-order valence-corrected chi connectivity index (χ3v) is 7.36. The molecule has 3 aromatic rings. The lowest BCUT2D eigenvalue weighted by molar-refractivity contribution is -0.192. The molecule has 11 heteroatoms. The van der Waals surface area contributed by atoms with Crippen LogP contribution < -0.4 is 5.32 Å². The number of nitrogens with zero attached hydrogens (tertiary/aromatic N) is 1. The lowest BCUT2D eigenvalue weighted by atomic mass is 9.95. The van der Waals surface area contributed by atoms with E-state index in [2.05, 4.69) is 42.0 Å². The van der Waals surface area contributed by atoms with E-state index in [-0.39, 0.29) is 24.0 Å². The SMILES string of the molecule is C[C@H](Cc1c[nH]c2c(C(=O)N3[C@H](C)CCC[C@@H]3C)cccc12)NC[C@H](O)c1cccc(Cl)c1.O=C(O)C(F)(F)F. The van der Waals surface area contributed by atoms with Gasteiger partial charge in [-0.25, -0.2) is 4.79 Å². The highest BCUT2D eigenvalue weighted by molar-refractivity contribution is 6.30. The van der Waals surface area contributed by atoms with Crippen LogP contribution in [0.15, 0.2) is 48.7 Å². The number of halogens is 4. The quantitative estimate of drug-likeness (QED) is 0.269. The van der Waals surface area contributed by atoms with Crippen molar-refractivity contribution in [1.29, 1.82) is 0 Å². The van der Waals surface area contributed by atoms with Crippen LogP contribution in [0.1, 0.15) is 67.6 Å². The number of fused-ring (bicyclic) bond motifs is 1. The second kappa shape index (κ2) is 13.5. The Labute approximate surface area is 236 Å². The predicted octanol–water partition coefficient (Wildman–Crippen LogP) is 6.11. The van der Waals surface area contributed by atoms with E-state index in [0.717, 1.165) is 46.9 Å². The van der Waals surface area contributed by atoms with E-state index < -0.39 is 18.2 Å². The van der Waals surface area contributed by atoms with Gasteiger partial charge in [0.15, 0.2) is 0 Å². The van der Waals surface area contributed by atoms with E-state index >= 15 is 0 Å². The number of aromatic amines is 1. The summed E-state index contributed by atoms with van der Waals surface area (Å²) in [6.45, 7) is 6.85. The van der Waals surface area contributed by atoms with E-state index in [1.165, 1.54) is 6.42 Å². The molecule has 1 aromatic heterocycles. The lowest BCUT2D eigenvalue weighted by Gasteiger charge is -2.39. The first-order valence-corrected chi connectivity index (χ1v) is 13.6. The Morgan fingerprint density at radius 2 is 1.77 bits per heavy atom. The summed E-state index contributed by atoms with van der Waals surface area (Å²) in [5, 5.41) is 22.7. The molecule has 218 valence electrons. The number of aliphatic hydroxyl groups is 1. The number of amides is 1. The molecule has 0 radical (unpaired) electrons. The molecule has 1 amide bonds. The summed E-state index contributed by atoms with van der Waals surface area (Å²) in [5.74, 6) is -2.64. The highest BCUT2D eigenvalue weighted by Gasteiger charge is 2.38. The minimum Gasteiger partial charge on any atom is -0.475 e. The molecule has 1 aliphatic rings. The van der Waals surface area contributed by atoms with Gasteiger partial charge in [-0.1, -0.05) is 35.9 Å². The monoisotopic (exact) mass is 581 g/mol. The van der Waals surface area contributed by atoms with Crippen LogP contribution in [0, 0.1) is 0 Å². The number of piperidine rings is 1. The van der Waals surface area contributed by atoms with Gasteiger partial charge in [0.25, 0.3) is 5.91 Å². The van der Waals surface area contributed by atoms with Crippen molar-refractivity contribution < 1.29 is 33.0 Å². The number of carbonyl (C=O) groups is 2. The normalized spacial score (nSPS) is 19.1. The molecule has 0 unspecified atom stereocenters. The number of nitrogens with one attached hydrogen (secondary N) is 2. The van der Waals surface area contributed by atoms with Gasteiger partial charge in [-0.2, -0.15) is 13.2 Å². The van der Waals surface area contributed by atoms with Gasteiger partial charge in [-0.3, -0.25) is 4.79 Å². The van der Waals surface area contributed by atoms with Crippen molar-refractivity contribution in [2.24, 2.45) is 0 Å². The third kappa shape index (κ3) is 7.99. The molecular weight excluding hydrogens is 547 g/mol. The zero-order chi connectivity index (χ0) is 29.6. The van der Waals surface area contributed by atoms with Crippen LogP contribution >= 0.6 is 11.6 Å². The summed E-state index contributed by atoms with van der Waals surface area (Å²) < 4.78 is 31.7. The number of carbonyl (C=O) groups excluding carboxylic acids is 1. The molecule has 2 heterocycles. The number of H-pyrrole nitrogens is 1. The molecule has 1 saturated heterocycles. The van der Waals surface area contributed by atoms with Crippen molar-refractivity contribution in [2.45, 2.75) is 76.9 Å². The molecule has 4 atom stereocenters. The van der Waals surface area contributed by atoms with Gasteiger partial charge in [-0.05, 0) is 75.8 Å². The Balaban J connectivity index is 0.000000559. The molecule has 40 heavy (non-hydrogen) atoms. The molecule has 0 aliphatic carbocycles. The van der Waals surface area contributed by atoms with Crippen molar-refractivity contribution in [3.8, 4) is 0 Å². The Morgan fingerprint density at radius 3 is 2.38 bits per heavy atom. The first kappa shape index (κ1) is 31.4. The summed E-state index contributed by atoms with van der Waals surface area (Å²) in [6.07, 6.45) is 0.400. The van der Waals surface area contributed by atoms with Crippen molar-refractivity contribution in [3.63, 3.8) is 0 Å². The molecule has 1 fully saturated rings. The van der Waals surface area contributed by atoms with Crippen LogP contribution in [0.5, 0.6) is 0 Å². The zero-order valence-corrected chi connectivity index (χ0v) is 23.4. The topological polar surface area (TPSA) is 106 Å². The molecular formula is C29H35ClF3N3O4. The van der Waals surface area contributed by atoms with Crippen LogP contribution in [-0.2, 0) is 11.2 Å². The van der Waals surface area contributed by atoms with Crippen LogP contribution in [-0.4, -0.2) is 62.8 Å². The largest absolute Gasteiger partial charge is 0.490 e. The van der Waals surface area contributed by atoms with Gasteiger partial charge in [0, 0.05) is 41.3 Å². The van der Waals surface area contributed by atoms with Crippen LogP contribution in [0.25, 0.3) is 10.9 Å². The number of carboxylic acid groups (broad SMARTS) is 1. The van der Waals surface area contributed by atoms with Gasteiger partial charge in [0.1, 0.15) is 0 Å². The molecule has 4 N–H and O–H groups in total. The molecule has 1 aliphatic heterocycles. The van der Waals surface area contributed by atoms with Gasteiger partial charge in [0.2, 0.25) is 0 Å². The van der Waals surface area contributed by atoms with Crippen molar-refractivity contribution >= 4 is 34.4 Å². The number of hydrogen-bond acceptors (Lipinski definition) is 4. The number of aromatic nitrogens is 1. The molecule has 0 spiro atoms. The zero-order valence-electron chi connectivity index (χ0n) is 22.6. The number of aliphatic hydroxyl groups excluding tert-OH is 1. The number of para-hydroxylation sites is 1. The molecule has 7 nitrogen and oxygen atoms in total. The van der Waals surface area contributed by atoms with E-state index in [0.29, 0.717) is 11.6 Å². The Bertz CT molecular complexity index is 1300. The second-order valence-electron chi connectivity index (χ2n) is 10.3. The third-order valence-electron chi connectivity index (χ3n) is 7.12. The Morgan fingerprint density at radius 1 is 1.15 bits per heavy atom. The van der Waals surface area contributed by atoms with E-state index in [1.807, 2.05) is 30.5 Å². The number of hydrogen-bond donors (Lipinski definition) is 4. The number of benzene rings is 2. The fourth-order valence-corrected chi connectivity index (χ4v) is 5.27. The summed E-state index contributed by atoms with van der Waals surface area (Å²) in [5.41, 5.74) is 3.63. The number of likely N-dealkylation sites (tertiary alicyclic amines) is 1. The van der Waals surface area contributed by atoms with E-state index in [1.54, 1.807) is 12.1 Å². The molecule has 2 aromatic carbocycles. The van der Waals surface area contributed by atoms with E-state index in [9.17, 15) is 23.1 Å². The molecule has 4 rings (SSSR count). The Kier molecular flexibility index (Phi) is 10.6. The number of aliphatic carboxylic acids is 1. The van der Waals surface area contributed by atoms with Crippen LogP contribution in [0.2, 0.25) is 5.02 Å². The lowest BCUT2D eigenvalue weighted by Crippen LogP contribution is -2.47. The van der Waals surface area contributed by atoms with Crippen molar-refractivity contribution in [3.05, 3.63) is 70.4 Å². The average Bonchev–Trinajstić information content (AvgIpc) is 3.29. The number of alkyl halides is 3. The standard InChI is InChI=1S/C27H34ClN3O2.C2HF3O2/c1-17(29-16-25(32)20-9-5-10-22(28)14-20)13-21-15-30-26-23(21)11-6-12-24(26)27(33)31-18(2)7-4-8-19(31)3;3-2(4,5)1(6)7/h5-6,9-12,14-15,17-19,25,29-30,32H,4,7-8,13,16H2,1-3H3;(H,6,7)/t17-,18-,19+,25+;/m1./s1. The van der Waals surface area contributed by atoms with E-state index in [4.69, 9.17) is 21.5 Å². The summed E-state index contributed by atoms with van der Waals surface area (Å²) >= 11 is 6.04. The van der Waals surface area contributed by atoms with Gasteiger partial charge in [0.05, 0.1) is 17.2 Å². The molecule has 0 bridgehead atoms. The number of rotatable bonds is 7. The minimum atomic E-state index is -5.08. The summed E-state index contributed by atoms with van der Waals surface area (Å²) in [4.78, 5) is 27.8. The summed E-state index contributed by atoms with van der Waals surface area (Å²) in [6, 6.07) is 14.0. The summed E-state index contributed by atoms with van der Waals surface area (Å²) in [7, 11) is 0. The fraction of sp³-hybridized carbons (Fsp3) is 0.448. The van der Waals surface area contributed by atoms with Gasteiger partial charge < -0.3 is 25.4 Å². The smallest absolute Gasteiger partial charge is 0.475 e. The predicted molar refractivity (Wildman–Crippen MR) is 149 cm³/mol.